The minimum atomic E-state index is -4.84. The van der Waals surface area contributed by atoms with Gasteiger partial charge in [0, 0.05) is 28.7 Å². The van der Waals surface area contributed by atoms with Crippen LogP contribution in [0.3, 0.4) is 0 Å². The molecule has 1 heterocycles. The molecule has 21 nitrogen and oxygen atoms in total. The number of anilines is 5. The zero-order valence-electron chi connectivity index (χ0n) is 29.3. The first-order chi connectivity index (χ1) is 27.5. The molecule has 0 aliphatic rings. The Kier molecular flexibility index (Phi) is 11.7. The number of carboxylic acid groups (broad SMARTS) is 2. The lowest BCUT2D eigenvalue weighted by Gasteiger charge is -2.11. The van der Waals surface area contributed by atoms with Gasteiger partial charge in [-0.2, -0.15) is 52.2 Å². The molecule has 0 radical (unpaired) electrons. The van der Waals surface area contributed by atoms with Crippen molar-refractivity contribution in [1.82, 2.24) is 15.0 Å². The average molecular weight is 829 g/mol. The molecule has 6 rings (SSSR count). The van der Waals surface area contributed by atoms with Crippen molar-refractivity contribution in [3.8, 4) is 0 Å². The van der Waals surface area contributed by atoms with Crippen LogP contribution in [-0.4, -0.2) is 81.3 Å². The summed E-state index contributed by atoms with van der Waals surface area (Å²) in [4.78, 5) is 34.6. The second-order valence-corrected chi connectivity index (χ2v) is 14.6. The third-order valence-electron chi connectivity index (χ3n) is 7.71. The first kappa shape index (κ1) is 40.4. The van der Waals surface area contributed by atoms with Crippen molar-refractivity contribution in [2.24, 2.45) is 20.5 Å². The quantitative estimate of drug-likeness (QED) is 0.0397. The van der Waals surface area contributed by atoms with E-state index in [9.17, 15) is 50.8 Å². The van der Waals surface area contributed by atoms with E-state index < -0.39 is 42.0 Å². The molecule has 0 saturated carbocycles. The third kappa shape index (κ3) is 10.1. The molecule has 0 unspecified atom stereocenters. The number of hydrogen-bond acceptors (Lipinski definition) is 17. The number of rotatable bonds is 15. The molecule has 6 aromatic rings. The highest BCUT2D eigenvalue weighted by Crippen LogP contribution is 2.34. The van der Waals surface area contributed by atoms with E-state index >= 15 is 0 Å². The van der Waals surface area contributed by atoms with Crippen molar-refractivity contribution >= 4 is 94.9 Å². The van der Waals surface area contributed by atoms with Gasteiger partial charge < -0.3 is 31.3 Å². The third-order valence-corrected chi connectivity index (χ3v) is 9.51. The minimum absolute atomic E-state index is 0.0312. The van der Waals surface area contributed by atoms with E-state index in [-0.39, 0.29) is 70.0 Å². The summed E-state index contributed by atoms with van der Waals surface area (Å²) in [7, 11) is -9.61. The zero-order chi connectivity index (χ0) is 41.6. The van der Waals surface area contributed by atoms with Crippen LogP contribution < -0.4 is 16.0 Å². The van der Waals surface area contributed by atoms with Crippen LogP contribution in [0.25, 0.3) is 10.8 Å². The van der Waals surface area contributed by atoms with Gasteiger partial charge in [-0.05, 0) is 84.9 Å². The van der Waals surface area contributed by atoms with E-state index in [0.29, 0.717) is 17.1 Å². The van der Waals surface area contributed by atoms with Crippen LogP contribution in [0.4, 0.5) is 52.0 Å². The van der Waals surface area contributed by atoms with Gasteiger partial charge in [-0.25, -0.2) is 9.59 Å². The number of benzene rings is 5. The van der Waals surface area contributed by atoms with Gasteiger partial charge in [0.05, 0.1) is 40.5 Å². The Hall–Kier alpha value is -7.31. The monoisotopic (exact) mass is 828 g/mol. The highest BCUT2D eigenvalue weighted by Gasteiger charge is 2.21. The van der Waals surface area contributed by atoms with Crippen LogP contribution in [0.1, 0.15) is 20.7 Å². The van der Waals surface area contributed by atoms with Crippen LogP contribution in [-0.2, 0) is 20.2 Å². The molecule has 0 atom stereocenters. The number of carbonyl (C=O) groups is 2. The van der Waals surface area contributed by atoms with Crippen molar-refractivity contribution in [1.29, 1.82) is 0 Å². The van der Waals surface area contributed by atoms with Crippen molar-refractivity contribution < 1.29 is 50.8 Å². The fraction of sp³-hybridized carbons (Fsp3) is 0.0571. The number of aromatic nitrogens is 3. The summed E-state index contributed by atoms with van der Waals surface area (Å²) in [5.41, 5.74) is 1.03. The fourth-order valence-corrected chi connectivity index (χ4v) is 6.59. The van der Waals surface area contributed by atoms with Gasteiger partial charge >= 0.3 is 11.9 Å². The van der Waals surface area contributed by atoms with E-state index in [2.05, 4.69) is 51.4 Å². The molecule has 0 bridgehead atoms. The lowest BCUT2D eigenvalue weighted by atomic mass is 10.1. The first-order valence-corrected chi connectivity index (χ1v) is 19.3. The molecule has 0 fully saturated rings. The van der Waals surface area contributed by atoms with E-state index in [1.54, 1.807) is 36.4 Å². The van der Waals surface area contributed by atoms with Crippen molar-refractivity contribution in [3.63, 3.8) is 0 Å². The van der Waals surface area contributed by atoms with Crippen LogP contribution in [0, 0.1) is 0 Å². The van der Waals surface area contributed by atoms with Crippen LogP contribution in [0.2, 0.25) is 0 Å². The Morgan fingerprint density at radius 1 is 0.552 bits per heavy atom. The number of nitrogens with one attached hydrogen (secondary N) is 3. The van der Waals surface area contributed by atoms with Gasteiger partial charge in [0.15, 0.2) is 0 Å². The number of fused-ring (bicyclic) bond motifs is 1. The highest BCUT2D eigenvalue weighted by molar-refractivity contribution is 7.86. The molecule has 0 aliphatic heterocycles. The van der Waals surface area contributed by atoms with Crippen molar-refractivity contribution in [2.45, 2.75) is 9.79 Å². The Labute approximate surface area is 327 Å². The number of aromatic carboxylic acids is 2. The molecule has 23 heteroatoms. The Bertz CT molecular complexity index is 2810. The smallest absolute Gasteiger partial charge is 0.335 e. The molecule has 1 aromatic heterocycles. The molecule has 58 heavy (non-hydrogen) atoms. The van der Waals surface area contributed by atoms with Gasteiger partial charge in [-0.15, -0.1) is 0 Å². The van der Waals surface area contributed by atoms with Gasteiger partial charge in [-0.1, -0.05) is 12.1 Å². The molecule has 0 aliphatic carbocycles. The normalized spacial score (nSPS) is 11.9. The highest BCUT2D eigenvalue weighted by atomic mass is 32.2. The first-order valence-electron chi connectivity index (χ1n) is 16.4. The fourth-order valence-electron chi connectivity index (χ4n) is 5.17. The summed E-state index contributed by atoms with van der Waals surface area (Å²) in [6, 6.07) is 21.8. The average Bonchev–Trinajstić information content (AvgIpc) is 3.18. The number of hydrogen-bond donors (Lipinski definition) is 8. The number of aliphatic hydroxyl groups excluding tert-OH is 1. The number of aliphatic hydroxyl groups is 1. The van der Waals surface area contributed by atoms with Crippen LogP contribution >= 0.6 is 0 Å². The molecule has 0 amide bonds. The molecule has 5 aromatic carbocycles. The Balaban J connectivity index is 1.18. The van der Waals surface area contributed by atoms with E-state index in [4.69, 9.17) is 0 Å². The lowest BCUT2D eigenvalue weighted by molar-refractivity contribution is 0.0696. The molecule has 0 saturated heterocycles. The topological polar surface area (TPSA) is 328 Å². The van der Waals surface area contributed by atoms with Gasteiger partial charge in [0.2, 0.25) is 17.8 Å². The number of azo groups is 2. The van der Waals surface area contributed by atoms with E-state index in [0.717, 1.165) is 18.2 Å². The predicted octanol–water partition coefficient (Wildman–Crippen LogP) is 6.64. The molecular weight excluding hydrogens is 801 g/mol. The lowest BCUT2D eigenvalue weighted by Crippen LogP contribution is -2.12. The van der Waals surface area contributed by atoms with Crippen LogP contribution in [0.15, 0.2) is 127 Å². The molecular formula is C35H28N10O11S2. The summed E-state index contributed by atoms with van der Waals surface area (Å²) in [6.07, 6.45) is 0. The number of carboxylic acids is 2. The molecule has 8 N–H and O–H groups in total. The Morgan fingerprint density at radius 2 is 1.02 bits per heavy atom. The SMILES string of the molecule is O=C(O)c1cc(/N=N/c2ccc(Nc3nc(NCCO)nc(Nc4ccc(/N=N/c5cc(S(=O)(=O)O)c6cccc(S(=O)(=O)O)c6c5)cc4)n3)cc2)cc(C(=O)O)c1. The van der Waals surface area contributed by atoms with Crippen LogP contribution in [0.5, 0.6) is 0 Å². The van der Waals surface area contributed by atoms with Crippen molar-refractivity contribution in [3.05, 3.63) is 108 Å². The summed E-state index contributed by atoms with van der Waals surface area (Å²) in [6.45, 7) is -0.0782. The van der Waals surface area contributed by atoms with Gasteiger partial charge in [-0.3, -0.25) is 9.11 Å². The maximum absolute atomic E-state index is 12.1. The van der Waals surface area contributed by atoms with Gasteiger partial charge in [0.25, 0.3) is 20.2 Å². The second-order valence-electron chi connectivity index (χ2n) is 11.8. The zero-order valence-corrected chi connectivity index (χ0v) is 30.9. The second kappa shape index (κ2) is 16.8. The molecule has 0 spiro atoms. The standard InChI is InChI=1S/C35H28N10O11S2/c46-13-12-36-33-39-34(37-21-4-8-23(9-5-21)42-44-25-15-19(31(47)48)14-20(16-25)32(49)50)41-35(40-33)38-22-6-10-24(11-7-22)43-45-26-17-28-27(30(18-26)58(54,55)56)2-1-3-29(28)57(51,52)53/h1-11,14-18,46H,12-13H2,(H,47,48)(H,49,50)(H,51,52,53)(H,54,55,56)(H3,36,37,38,39,40,41)/b44-42+,45-43+. The largest absolute Gasteiger partial charge is 0.478 e. The summed E-state index contributed by atoms with van der Waals surface area (Å²) < 4.78 is 67.7. The Morgan fingerprint density at radius 3 is 1.48 bits per heavy atom. The predicted molar refractivity (Wildman–Crippen MR) is 207 cm³/mol. The summed E-state index contributed by atoms with van der Waals surface area (Å²) in [5, 5.41) is 52.6. The summed E-state index contributed by atoms with van der Waals surface area (Å²) >= 11 is 0. The maximum Gasteiger partial charge on any atom is 0.335 e. The maximum atomic E-state index is 12.1. The van der Waals surface area contributed by atoms with Gasteiger partial charge in [0.1, 0.15) is 9.79 Å². The minimum Gasteiger partial charge on any atom is -0.478 e. The molecule has 296 valence electrons. The van der Waals surface area contributed by atoms with Crippen molar-refractivity contribution in [2.75, 3.05) is 29.1 Å². The number of nitrogens with zero attached hydrogens (tertiary/aromatic N) is 7. The van der Waals surface area contributed by atoms with E-state index in [1.165, 1.54) is 42.5 Å². The van der Waals surface area contributed by atoms with E-state index in [1.807, 2.05) is 0 Å². The summed E-state index contributed by atoms with van der Waals surface area (Å²) in [5.74, 6) is -2.33.